The first-order valence-corrected chi connectivity index (χ1v) is 9.81. The zero-order valence-electron chi connectivity index (χ0n) is 14.3. The van der Waals surface area contributed by atoms with Gasteiger partial charge in [0.1, 0.15) is 23.1 Å². The third-order valence-corrected chi connectivity index (χ3v) is 5.87. The lowest BCUT2D eigenvalue weighted by Gasteiger charge is -2.11. The molecule has 138 valence electrons. The molecule has 6 nitrogen and oxygen atoms in total. The van der Waals surface area contributed by atoms with E-state index in [0.29, 0.717) is 16.8 Å². The Labute approximate surface area is 167 Å². The van der Waals surface area contributed by atoms with Crippen LogP contribution in [0.5, 0.6) is 5.88 Å². The van der Waals surface area contributed by atoms with Crippen LogP contribution in [0, 0.1) is 11.3 Å². The molecule has 0 atom stereocenters. The van der Waals surface area contributed by atoms with E-state index in [1.165, 1.54) is 17.4 Å². The average molecular weight is 408 g/mol. The normalized spacial score (nSPS) is 10.5. The number of rotatable bonds is 6. The molecule has 4 aromatic rings. The minimum atomic E-state index is -0.978. The van der Waals surface area contributed by atoms with Gasteiger partial charge in [0.15, 0.2) is 0 Å². The second kappa shape index (κ2) is 7.68. The molecular formula is C20H12N2O4S2. The minimum Gasteiger partial charge on any atom is -0.477 e. The zero-order chi connectivity index (χ0) is 19.5. The molecule has 0 radical (unpaired) electrons. The molecular weight excluding hydrogens is 396 g/mol. The Morgan fingerprint density at radius 2 is 2.21 bits per heavy atom. The fourth-order valence-corrected chi connectivity index (χ4v) is 4.09. The number of nitrogens with zero attached hydrogens (tertiary/aromatic N) is 2. The Hall–Kier alpha value is -3.41. The van der Waals surface area contributed by atoms with Crippen LogP contribution in [-0.2, 0) is 6.61 Å². The van der Waals surface area contributed by atoms with Gasteiger partial charge in [0.05, 0.1) is 23.1 Å². The van der Waals surface area contributed by atoms with Crippen molar-refractivity contribution in [3.63, 3.8) is 0 Å². The maximum Gasteiger partial charge on any atom is 0.345 e. The van der Waals surface area contributed by atoms with Crippen LogP contribution in [0.4, 0.5) is 0 Å². The summed E-state index contributed by atoms with van der Waals surface area (Å²) in [5.41, 5.74) is 2.42. The Bertz CT molecular complexity index is 1160. The van der Waals surface area contributed by atoms with Gasteiger partial charge in [-0.05, 0) is 35.7 Å². The lowest BCUT2D eigenvalue weighted by Crippen LogP contribution is -2.01. The lowest BCUT2D eigenvalue weighted by atomic mass is 10.0. The Morgan fingerprint density at radius 3 is 2.86 bits per heavy atom. The predicted octanol–water partition coefficient (Wildman–Crippen LogP) is 5.28. The van der Waals surface area contributed by atoms with Crippen LogP contribution in [0.15, 0.2) is 58.7 Å². The number of aromatic carboxylic acids is 1. The van der Waals surface area contributed by atoms with Crippen LogP contribution >= 0.6 is 22.7 Å². The fraction of sp³-hybridized carbons (Fsp3) is 0.0500. The zero-order valence-corrected chi connectivity index (χ0v) is 15.9. The van der Waals surface area contributed by atoms with Gasteiger partial charge >= 0.3 is 5.97 Å². The van der Waals surface area contributed by atoms with Gasteiger partial charge in [-0.2, -0.15) is 5.26 Å². The number of pyridine rings is 1. The second-order valence-corrected chi connectivity index (χ2v) is 7.81. The smallest absolute Gasteiger partial charge is 0.345 e. The average Bonchev–Trinajstić information content (AvgIpc) is 3.48. The van der Waals surface area contributed by atoms with Crippen LogP contribution < -0.4 is 4.74 Å². The number of furan rings is 1. The number of nitriles is 1. The van der Waals surface area contributed by atoms with Crippen molar-refractivity contribution in [3.05, 3.63) is 69.6 Å². The van der Waals surface area contributed by atoms with E-state index in [4.69, 9.17) is 14.3 Å². The van der Waals surface area contributed by atoms with E-state index in [1.807, 2.05) is 23.6 Å². The van der Waals surface area contributed by atoms with Crippen LogP contribution in [0.3, 0.4) is 0 Å². The molecule has 8 heteroatoms. The SMILES string of the molecule is N#Cc1c(-c2ccoc2)cc(-c2cccs2)nc1OCc1ccc(C(=O)O)s1. The molecule has 0 fully saturated rings. The van der Waals surface area contributed by atoms with E-state index in [9.17, 15) is 10.1 Å². The molecule has 0 aliphatic rings. The van der Waals surface area contributed by atoms with Crippen LogP contribution in [0.1, 0.15) is 20.1 Å². The van der Waals surface area contributed by atoms with Crippen molar-refractivity contribution in [2.75, 3.05) is 0 Å². The van der Waals surface area contributed by atoms with E-state index in [2.05, 4.69) is 11.1 Å². The number of carboxylic acids is 1. The van der Waals surface area contributed by atoms with Crippen molar-refractivity contribution in [2.24, 2.45) is 0 Å². The Balaban J connectivity index is 1.74. The number of ether oxygens (including phenoxy) is 1. The van der Waals surface area contributed by atoms with Crippen molar-refractivity contribution in [2.45, 2.75) is 6.61 Å². The summed E-state index contributed by atoms with van der Waals surface area (Å²) in [6, 6.07) is 12.9. The molecule has 0 aromatic carbocycles. The summed E-state index contributed by atoms with van der Waals surface area (Å²) >= 11 is 2.67. The van der Waals surface area contributed by atoms with Crippen molar-refractivity contribution in [1.82, 2.24) is 4.98 Å². The molecule has 28 heavy (non-hydrogen) atoms. The summed E-state index contributed by atoms with van der Waals surface area (Å²) in [7, 11) is 0. The van der Waals surface area contributed by atoms with Crippen LogP contribution in [0.2, 0.25) is 0 Å². The van der Waals surface area contributed by atoms with Gasteiger partial charge < -0.3 is 14.3 Å². The Kier molecular flexibility index (Phi) is 4.93. The van der Waals surface area contributed by atoms with E-state index in [0.717, 1.165) is 26.7 Å². The van der Waals surface area contributed by atoms with E-state index in [-0.39, 0.29) is 17.4 Å². The maximum atomic E-state index is 11.0. The van der Waals surface area contributed by atoms with Gasteiger partial charge in [-0.1, -0.05) is 6.07 Å². The van der Waals surface area contributed by atoms with Gasteiger partial charge in [0, 0.05) is 16.0 Å². The summed E-state index contributed by atoms with van der Waals surface area (Å²) in [6.45, 7) is 0.123. The van der Waals surface area contributed by atoms with Gasteiger partial charge in [-0.3, -0.25) is 0 Å². The standard InChI is InChI=1S/C20H12N2O4S2/c21-9-15-14(12-5-6-25-10-12)8-16(17-2-1-7-27-17)22-19(15)26-11-13-3-4-18(28-13)20(23)24/h1-8,10H,11H2,(H,23,24). The highest BCUT2D eigenvalue weighted by atomic mass is 32.1. The van der Waals surface area contributed by atoms with Gasteiger partial charge in [0.2, 0.25) is 5.88 Å². The number of hydrogen-bond donors (Lipinski definition) is 1. The molecule has 0 aliphatic carbocycles. The third kappa shape index (κ3) is 3.53. The monoisotopic (exact) mass is 408 g/mol. The van der Waals surface area contributed by atoms with Crippen LogP contribution in [0.25, 0.3) is 21.7 Å². The highest BCUT2D eigenvalue weighted by Gasteiger charge is 2.18. The van der Waals surface area contributed by atoms with Crippen molar-refractivity contribution >= 4 is 28.6 Å². The minimum absolute atomic E-state index is 0.123. The van der Waals surface area contributed by atoms with Crippen molar-refractivity contribution < 1.29 is 19.1 Å². The summed E-state index contributed by atoms with van der Waals surface area (Å²) in [6.07, 6.45) is 3.11. The molecule has 0 spiro atoms. The predicted molar refractivity (Wildman–Crippen MR) is 106 cm³/mol. The first-order chi connectivity index (χ1) is 13.7. The largest absolute Gasteiger partial charge is 0.477 e. The second-order valence-electron chi connectivity index (χ2n) is 5.70. The Morgan fingerprint density at radius 1 is 1.32 bits per heavy atom. The molecule has 0 bridgehead atoms. The summed E-state index contributed by atoms with van der Waals surface area (Å²) < 4.78 is 11.0. The maximum absolute atomic E-state index is 11.0. The first kappa shape index (κ1) is 18.0. The lowest BCUT2D eigenvalue weighted by molar-refractivity contribution is 0.0702. The summed E-state index contributed by atoms with van der Waals surface area (Å²) in [5, 5.41) is 20.7. The number of carbonyl (C=O) groups is 1. The van der Waals surface area contributed by atoms with Crippen molar-refractivity contribution in [1.29, 1.82) is 5.26 Å². The summed E-state index contributed by atoms with van der Waals surface area (Å²) in [5.74, 6) is -0.774. The topological polar surface area (TPSA) is 96.4 Å². The van der Waals surface area contributed by atoms with Crippen molar-refractivity contribution in [3.8, 4) is 33.6 Å². The summed E-state index contributed by atoms with van der Waals surface area (Å²) in [4.78, 5) is 17.5. The number of aromatic nitrogens is 1. The molecule has 1 N–H and O–H groups in total. The van der Waals surface area contributed by atoms with Gasteiger partial charge in [0.25, 0.3) is 0 Å². The highest BCUT2D eigenvalue weighted by molar-refractivity contribution is 7.14. The first-order valence-electron chi connectivity index (χ1n) is 8.12. The highest BCUT2D eigenvalue weighted by Crippen LogP contribution is 2.35. The quantitative estimate of drug-likeness (QED) is 0.466. The molecule has 0 unspecified atom stereocenters. The number of hydrogen-bond acceptors (Lipinski definition) is 7. The van der Waals surface area contributed by atoms with E-state index in [1.54, 1.807) is 24.7 Å². The van der Waals surface area contributed by atoms with E-state index >= 15 is 0 Å². The van der Waals surface area contributed by atoms with Gasteiger partial charge in [-0.15, -0.1) is 22.7 Å². The molecule has 4 rings (SSSR count). The molecule has 4 heterocycles. The van der Waals surface area contributed by atoms with Crippen LogP contribution in [-0.4, -0.2) is 16.1 Å². The molecule has 0 saturated heterocycles. The molecule has 0 saturated carbocycles. The molecule has 4 aromatic heterocycles. The number of thiophene rings is 2. The molecule has 0 amide bonds. The number of carboxylic acid groups (broad SMARTS) is 1. The fourth-order valence-electron chi connectivity index (χ4n) is 2.64. The third-order valence-electron chi connectivity index (χ3n) is 3.93. The van der Waals surface area contributed by atoms with E-state index < -0.39 is 5.97 Å². The molecule has 0 aliphatic heterocycles. The van der Waals surface area contributed by atoms with Gasteiger partial charge in [-0.25, -0.2) is 9.78 Å².